The Labute approximate surface area is 141 Å². The summed E-state index contributed by atoms with van der Waals surface area (Å²) in [6, 6.07) is 10.3. The number of hydrogen-bond donors (Lipinski definition) is 0. The van der Waals surface area contributed by atoms with Crippen LogP contribution in [0.3, 0.4) is 0 Å². The molecule has 5 heteroatoms. The van der Waals surface area contributed by atoms with Gasteiger partial charge in [-0.2, -0.15) is 5.10 Å². The lowest BCUT2D eigenvalue weighted by molar-refractivity contribution is 0.0147. The van der Waals surface area contributed by atoms with Crippen molar-refractivity contribution in [3.8, 4) is 5.75 Å². The molecule has 0 N–H and O–H groups in total. The van der Waals surface area contributed by atoms with Gasteiger partial charge in [-0.15, -0.1) is 0 Å². The molecule has 1 aromatic carbocycles. The Morgan fingerprint density at radius 3 is 2.79 bits per heavy atom. The number of hydrogen-bond acceptors (Lipinski definition) is 4. The van der Waals surface area contributed by atoms with Gasteiger partial charge < -0.3 is 4.74 Å². The van der Waals surface area contributed by atoms with E-state index in [-0.39, 0.29) is 6.10 Å². The van der Waals surface area contributed by atoms with Crippen LogP contribution in [0.4, 0.5) is 0 Å². The highest BCUT2D eigenvalue weighted by molar-refractivity contribution is 5.48. The predicted molar refractivity (Wildman–Crippen MR) is 93.3 cm³/mol. The van der Waals surface area contributed by atoms with Crippen LogP contribution in [0, 0.1) is 20.8 Å². The molecule has 0 unspecified atom stereocenters. The highest BCUT2D eigenvalue weighted by Crippen LogP contribution is 2.22. The molecule has 4 rings (SSSR count). The van der Waals surface area contributed by atoms with Crippen molar-refractivity contribution in [2.75, 3.05) is 13.1 Å². The molecule has 3 aromatic rings. The third-order valence-corrected chi connectivity index (χ3v) is 4.46. The van der Waals surface area contributed by atoms with E-state index in [1.807, 2.05) is 29.8 Å². The normalized spacial score (nSPS) is 15.6. The maximum Gasteiger partial charge on any atom is 0.159 e. The standard InChI is InChI=1S/C19H22N4O/c1-13-5-4-6-17(7-13)24-18-11-22(12-18)10-16-9-20-23-15(3)8-14(2)21-19(16)23/h4-9,18H,10-12H2,1-3H3. The second kappa shape index (κ2) is 5.91. The van der Waals surface area contributed by atoms with Crippen LogP contribution in [-0.4, -0.2) is 38.7 Å². The first-order chi connectivity index (χ1) is 11.6. The fourth-order valence-corrected chi connectivity index (χ4v) is 3.28. The van der Waals surface area contributed by atoms with E-state index in [1.165, 1.54) is 11.1 Å². The zero-order chi connectivity index (χ0) is 16.7. The van der Waals surface area contributed by atoms with Gasteiger partial charge in [0.1, 0.15) is 11.9 Å². The maximum absolute atomic E-state index is 6.03. The highest BCUT2D eigenvalue weighted by Gasteiger charge is 2.29. The minimum absolute atomic E-state index is 0.269. The van der Waals surface area contributed by atoms with Gasteiger partial charge in [-0.1, -0.05) is 12.1 Å². The Kier molecular flexibility index (Phi) is 3.73. The number of aromatic nitrogens is 3. The van der Waals surface area contributed by atoms with E-state index in [1.54, 1.807) is 0 Å². The lowest BCUT2D eigenvalue weighted by Crippen LogP contribution is -2.53. The monoisotopic (exact) mass is 322 g/mol. The molecule has 0 aliphatic carbocycles. The molecule has 124 valence electrons. The van der Waals surface area contributed by atoms with Crippen LogP contribution in [0.5, 0.6) is 5.75 Å². The van der Waals surface area contributed by atoms with Crippen LogP contribution in [0.25, 0.3) is 5.65 Å². The van der Waals surface area contributed by atoms with E-state index in [0.717, 1.165) is 42.4 Å². The van der Waals surface area contributed by atoms with Crippen LogP contribution < -0.4 is 4.74 Å². The minimum Gasteiger partial charge on any atom is -0.488 e. The average Bonchev–Trinajstić information content (AvgIpc) is 2.88. The van der Waals surface area contributed by atoms with Crippen molar-refractivity contribution >= 4 is 5.65 Å². The molecular formula is C19H22N4O. The Balaban J connectivity index is 1.40. The van der Waals surface area contributed by atoms with Gasteiger partial charge in [0, 0.05) is 36.6 Å². The van der Waals surface area contributed by atoms with E-state index in [9.17, 15) is 0 Å². The van der Waals surface area contributed by atoms with Gasteiger partial charge in [0.15, 0.2) is 5.65 Å². The molecule has 0 bridgehead atoms. The first-order valence-electron chi connectivity index (χ1n) is 8.35. The summed E-state index contributed by atoms with van der Waals surface area (Å²) in [7, 11) is 0. The van der Waals surface area contributed by atoms with Crippen molar-refractivity contribution < 1.29 is 4.74 Å². The topological polar surface area (TPSA) is 42.7 Å². The van der Waals surface area contributed by atoms with E-state index < -0.39 is 0 Å². The van der Waals surface area contributed by atoms with Gasteiger partial charge in [0.25, 0.3) is 0 Å². The smallest absolute Gasteiger partial charge is 0.159 e. The second-order valence-electron chi connectivity index (χ2n) is 6.69. The van der Waals surface area contributed by atoms with Gasteiger partial charge in [-0.3, -0.25) is 4.90 Å². The summed E-state index contributed by atoms with van der Waals surface area (Å²) >= 11 is 0. The number of benzene rings is 1. The number of rotatable bonds is 4. The Morgan fingerprint density at radius 1 is 1.17 bits per heavy atom. The fraction of sp³-hybridized carbons (Fsp3) is 0.368. The molecule has 0 amide bonds. The lowest BCUT2D eigenvalue weighted by Gasteiger charge is -2.38. The number of ether oxygens (including phenoxy) is 1. The summed E-state index contributed by atoms with van der Waals surface area (Å²) in [4.78, 5) is 7.02. The average molecular weight is 322 g/mol. The molecule has 5 nitrogen and oxygen atoms in total. The molecule has 0 spiro atoms. The van der Waals surface area contributed by atoms with Crippen molar-refractivity contribution in [2.45, 2.75) is 33.4 Å². The van der Waals surface area contributed by atoms with Crippen LogP contribution in [0.15, 0.2) is 36.5 Å². The zero-order valence-corrected chi connectivity index (χ0v) is 14.4. The van der Waals surface area contributed by atoms with Crippen LogP contribution in [-0.2, 0) is 6.54 Å². The maximum atomic E-state index is 6.03. The summed E-state index contributed by atoms with van der Waals surface area (Å²) in [5.74, 6) is 0.962. The molecular weight excluding hydrogens is 300 g/mol. The molecule has 2 aromatic heterocycles. The van der Waals surface area contributed by atoms with Crippen molar-refractivity contribution in [3.63, 3.8) is 0 Å². The van der Waals surface area contributed by atoms with Crippen molar-refractivity contribution in [1.82, 2.24) is 19.5 Å². The van der Waals surface area contributed by atoms with Crippen LogP contribution >= 0.6 is 0 Å². The third-order valence-electron chi connectivity index (χ3n) is 4.46. The molecule has 1 aliphatic rings. The number of likely N-dealkylation sites (tertiary alicyclic amines) is 1. The van der Waals surface area contributed by atoms with Crippen LogP contribution in [0.2, 0.25) is 0 Å². The lowest BCUT2D eigenvalue weighted by atomic mass is 10.1. The molecule has 1 fully saturated rings. The van der Waals surface area contributed by atoms with Crippen molar-refractivity contribution in [2.24, 2.45) is 0 Å². The molecule has 0 atom stereocenters. The number of aryl methyl sites for hydroxylation is 3. The van der Waals surface area contributed by atoms with E-state index in [0.29, 0.717) is 0 Å². The van der Waals surface area contributed by atoms with Gasteiger partial charge in [0.2, 0.25) is 0 Å². The zero-order valence-electron chi connectivity index (χ0n) is 14.4. The summed E-state index contributed by atoms with van der Waals surface area (Å²) in [5.41, 5.74) is 5.53. The highest BCUT2D eigenvalue weighted by atomic mass is 16.5. The molecule has 1 saturated heterocycles. The molecule has 0 saturated carbocycles. The Bertz CT molecular complexity index is 880. The van der Waals surface area contributed by atoms with Crippen LogP contribution in [0.1, 0.15) is 22.5 Å². The van der Waals surface area contributed by atoms with Gasteiger partial charge in [0.05, 0.1) is 6.20 Å². The number of nitrogens with zero attached hydrogens (tertiary/aromatic N) is 4. The second-order valence-corrected chi connectivity index (χ2v) is 6.69. The predicted octanol–water partition coefficient (Wildman–Crippen LogP) is 2.92. The van der Waals surface area contributed by atoms with E-state index in [2.05, 4.69) is 47.0 Å². The quantitative estimate of drug-likeness (QED) is 0.741. The van der Waals surface area contributed by atoms with Crippen molar-refractivity contribution in [1.29, 1.82) is 0 Å². The SMILES string of the molecule is Cc1cccc(OC2CN(Cc3cnn4c(C)cc(C)nc34)C2)c1. The van der Waals surface area contributed by atoms with Gasteiger partial charge >= 0.3 is 0 Å². The Morgan fingerprint density at radius 2 is 2.00 bits per heavy atom. The Hall–Kier alpha value is -2.40. The molecule has 24 heavy (non-hydrogen) atoms. The largest absolute Gasteiger partial charge is 0.488 e. The molecule has 1 aliphatic heterocycles. The molecule has 0 radical (unpaired) electrons. The van der Waals surface area contributed by atoms with Gasteiger partial charge in [-0.25, -0.2) is 9.50 Å². The minimum atomic E-state index is 0.269. The van der Waals surface area contributed by atoms with E-state index in [4.69, 9.17) is 4.74 Å². The first kappa shape index (κ1) is 15.1. The van der Waals surface area contributed by atoms with E-state index >= 15 is 0 Å². The van der Waals surface area contributed by atoms with Crippen molar-refractivity contribution in [3.05, 3.63) is 59.0 Å². The number of fused-ring (bicyclic) bond motifs is 1. The van der Waals surface area contributed by atoms with Gasteiger partial charge in [-0.05, 0) is 44.5 Å². The summed E-state index contributed by atoms with van der Waals surface area (Å²) < 4.78 is 7.95. The molecule has 3 heterocycles. The summed E-state index contributed by atoms with van der Waals surface area (Å²) in [5, 5.41) is 4.46. The summed E-state index contributed by atoms with van der Waals surface area (Å²) in [6.07, 6.45) is 2.20. The summed E-state index contributed by atoms with van der Waals surface area (Å²) in [6.45, 7) is 8.92. The third kappa shape index (κ3) is 2.87. The fourth-order valence-electron chi connectivity index (χ4n) is 3.28. The first-order valence-corrected chi connectivity index (χ1v) is 8.35.